The van der Waals surface area contributed by atoms with Crippen LogP contribution in [0.3, 0.4) is 0 Å². The summed E-state index contributed by atoms with van der Waals surface area (Å²) < 4.78 is 61.7. The lowest BCUT2D eigenvalue weighted by molar-refractivity contribution is -0.212. The Morgan fingerprint density at radius 1 is 1.17 bits per heavy atom. The number of nitrogens with zero attached hydrogens (tertiary/aromatic N) is 4. The molecule has 1 aromatic carbocycles. The molecule has 2 saturated heterocycles. The summed E-state index contributed by atoms with van der Waals surface area (Å²) in [4.78, 5) is 9.61. The number of hydrogen-bond acceptors (Lipinski definition) is 5. The number of fused-ring (bicyclic) bond motifs is 1. The summed E-state index contributed by atoms with van der Waals surface area (Å²) in [5, 5.41) is 0. The van der Waals surface area contributed by atoms with Crippen LogP contribution in [0.5, 0.6) is 0 Å². The molecule has 0 N–H and O–H groups in total. The zero-order chi connectivity index (χ0) is 20.8. The van der Waals surface area contributed by atoms with Gasteiger partial charge in [0.15, 0.2) is 5.54 Å². The van der Waals surface area contributed by atoms with Gasteiger partial charge in [-0.15, -0.1) is 0 Å². The summed E-state index contributed by atoms with van der Waals surface area (Å²) in [6.45, 7) is 5.42. The lowest BCUT2D eigenvalue weighted by Gasteiger charge is -2.41. The molecule has 1 unspecified atom stereocenters. The maximum atomic E-state index is 14.2. The van der Waals surface area contributed by atoms with E-state index < -0.39 is 23.6 Å². The second kappa shape index (κ2) is 7.19. The third-order valence-electron chi connectivity index (χ3n) is 5.90. The van der Waals surface area contributed by atoms with E-state index in [4.69, 9.17) is 4.74 Å². The van der Waals surface area contributed by atoms with E-state index in [1.807, 2.05) is 11.0 Å². The molecule has 0 radical (unpaired) electrons. The van der Waals surface area contributed by atoms with E-state index in [9.17, 15) is 17.6 Å². The molecule has 3 heterocycles. The largest absolute Gasteiger partial charge is 0.413 e. The van der Waals surface area contributed by atoms with E-state index in [2.05, 4.69) is 4.99 Å². The minimum atomic E-state index is -4.48. The van der Waals surface area contributed by atoms with Crippen LogP contribution in [-0.4, -0.2) is 71.8 Å². The van der Waals surface area contributed by atoms with Crippen LogP contribution in [0.15, 0.2) is 41.2 Å². The minimum absolute atomic E-state index is 0.220. The van der Waals surface area contributed by atoms with Crippen LogP contribution in [0.2, 0.25) is 0 Å². The lowest BCUT2D eigenvalue weighted by atomic mass is 9.96. The van der Waals surface area contributed by atoms with Gasteiger partial charge in [-0.25, -0.2) is 4.39 Å². The molecule has 3 aliphatic rings. The maximum Gasteiger partial charge on any atom is 0.413 e. The van der Waals surface area contributed by atoms with Crippen molar-refractivity contribution in [2.75, 3.05) is 39.4 Å². The van der Waals surface area contributed by atoms with E-state index in [0.29, 0.717) is 44.2 Å². The van der Waals surface area contributed by atoms with E-state index in [1.54, 1.807) is 17.9 Å². The molecule has 0 aromatic heterocycles. The number of ether oxygens (including phenoxy) is 1. The molecule has 3 aliphatic heterocycles. The van der Waals surface area contributed by atoms with Crippen LogP contribution < -0.4 is 0 Å². The molecule has 158 valence electrons. The molecule has 2 fully saturated rings. The summed E-state index contributed by atoms with van der Waals surface area (Å²) in [5.41, 5.74) is -1.65. The van der Waals surface area contributed by atoms with Gasteiger partial charge < -0.3 is 19.4 Å². The summed E-state index contributed by atoms with van der Waals surface area (Å²) in [6, 6.07) is 5.03. The highest BCUT2D eigenvalue weighted by atomic mass is 19.4. The van der Waals surface area contributed by atoms with Crippen molar-refractivity contribution in [2.24, 2.45) is 4.99 Å². The average molecular weight is 412 g/mol. The molecule has 5 nitrogen and oxygen atoms in total. The first-order valence-electron chi connectivity index (χ1n) is 9.69. The van der Waals surface area contributed by atoms with Gasteiger partial charge in [-0.3, -0.25) is 0 Å². The number of hydrogen-bond donors (Lipinski definition) is 0. The highest BCUT2D eigenvalue weighted by Crippen LogP contribution is 2.46. The smallest absolute Gasteiger partial charge is 0.378 e. The molecule has 29 heavy (non-hydrogen) atoms. The Kier molecular flexibility index (Phi) is 4.96. The Morgan fingerprint density at radius 2 is 1.90 bits per heavy atom. The Morgan fingerprint density at radius 3 is 2.55 bits per heavy atom. The van der Waals surface area contributed by atoms with Gasteiger partial charge in [0.2, 0.25) is 5.96 Å². The SMILES string of the molecule is CC(c1cccc(F)c1)N1C2=NC(N3CCOCC3)=CCN2C[C@@]1(C)C(F)(F)F. The molecular formula is C20H24F4N4O. The van der Waals surface area contributed by atoms with Crippen LogP contribution >= 0.6 is 0 Å². The first-order valence-corrected chi connectivity index (χ1v) is 9.69. The lowest BCUT2D eigenvalue weighted by Crippen LogP contribution is -2.56. The Balaban J connectivity index is 1.74. The molecule has 0 saturated carbocycles. The Labute approximate surface area is 167 Å². The van der Waals surface area contributed by atoms with Crippen LogP contribution in [-0.2, 0) is 4.74 Å². The van der Waals surface area contributed by atoms with Crippen molar-refractivity contribution in [3.63, 3.8) is 0 Å². The Hall–Kier alpha value is -2.29. The van der Waals surface area contributed by atoms with Crippen molar-refractivity contribution in [3.05, 3.63) is 47.5 Å². The summed E-state index contributed by atoms with van der Waals surface area (Å²) in [5.74, 6) is 0.478. The molecule has 0 bridgehead atoms. The van der Waals surface area contributed by atoms with Gasteiger partial charge in [-0.05, 0) is 37.6 Å². The van der Waals surface area contributed by atoms with Crippen molar-refractivity contribution < 1.29 is 22.3 Å². The third kappa shape index (κ3) is 3.45. The van der Waals surface area contributed by atoms with Crippen molar-refractivity contribution in [3.8, 4) is 0 Å². The van der Waals surface area contributed by atoms with Gasteiger partial charge in [0, 0.05) is 19.6 Å². The predicted molar refractivity (Wildman–Crippen MR) is 101 cm³/mol. The fraction of sp³-hybridized carbons (Fsp3) is 0.550. The second-order valence-corrected chi connectivity index (χ2v) is 7.83. The van der Waals surface area contributed by atoms with Crippen molar-refractivity contribution in [2.45, 2.75) is 31.6 Å². The fourth-order valence-corrected chi connectivity index (χ4v) is 4.24. The first kappa shape index (κ1) is 20.0. The van der Waals surface area contributed by atoms with Crippen LogP contribution in [0.25, 0.3) is 0 Å². The number of morpholine rings is 1. The minimum Gasteiger partial charge on any atom is -0.378 e. The zero-order valence-corrected chi connectivity index (χ0v) is 16.4. The highest BCUT2D eigenvalue weighted by Gasteiger charge is 2.62. The first-order chi connectivity index (χ1) is 13.7. The van der Waals surface area contributed by atoms with Gasteiger partial charge in [0.1, 0.15) is 11.6 Å². The van der Waals surface area contributed by atoms with Crippen LogP contribution in [0.1, 0.15) is 25.5 Å². The van der Waals surface area contributed by atoms with Crippen molar-refractivity contribution in [1.82, 2.24) is 14.7 Å². The van der Waals surface area contributed by atoms with E-state index in [1.165, 1.54) is 30.0 Å². The molecule has 0 aliphatic carbocycles. The highest BCUT2D eigenvalue weighted by molar-refractivity contribution is 5.86. The molecule has 2 atom stereocenters. The molecular weight excluding hydrogens is 388 g/mol. The maximum absolute atomic E-state index is 14.2. The van der Waals surface area contributed by atoms with E-state index in [-0.39, 0.29) is 12.5 Å². The average Bonchev–Trinajstić information content (AvgIpc) is 3.00. The number of rotatable bonds is 3. The molecule has 0 spiro atoms. The number of guanidine groups is 1. The second-order valence-electron chi connectivity index (χ2n) is 7.83. The topological polar surface area (TPSA) is 31.3 Å². The standard InChI is InChI=1S/C20H24F4N4O/c1-14(15-4-3-5-16(21)12-15)28-18-25-17(26-8-10-29-11-9-26)6-7-27(18)13-19(28,2)20(22,23)24/h3-6,12,14H,7-11,13H2,1-2H3/t14?,19-/m0/s1. The zero-order valence-electron chi connectivity index (χ0n) is 16.4. The van der Waals surface area contributed by atoms with Gasteiger partial charge in [0.05, 0.1) is 25.8 Å². The summed E-state index contributed by atoms with van der Waals surface area (Å²) >= 11 is 0. The number of benzene rings is 1. The molecule has 4 rings (SSSR count). The monoisotopic (exact) mass is 412 g/mol. The molecule has 0 amide bonds. The van der Waals surface area contributed by atoms with Crippen molar-refractivity contribution in [1.29, 1.82) is 0 Å². The number of aliphatic imine (C=N–C) groups is 1. The number of halogens is 4. The van der Waals surface area contributed by atoms with Crippen molar-refractivity contribution >= 4 is 5.96 Å². The quantitative estimate of drug-likeness (QED) is 0.713. The van der Waals surface area contributed by atoms with Gasteiger partial charge in [-0.1, -0.05) is 12.1 Å². The van der Waals surface area contributed by atoms with Gasteiger partial charge in [-0.2, -0.15) is 18.2 Å². The molecule has 1 aromatic rings. The van der Waals surface area contributed by atoms with Crippen LogP contribution in [0, 0.1) is 5.82 Å². The van der Waals surface area contributed by atoms with E-state index >= 15 is 0 Å². The predicted octanol–water partition coefficient (Wildman–Crippen LogP) is 3.37. The van der Waals surface area contributed by atoms with Gasteiger partial charge in [0.25, 0.3) is 0 Å². The number of alkyl halides is 3. The normalized spacial score (nSPS) is 26.2. The Bertz CT molecular complexity index is 834. The molecule has 9 heteroatoms. The third-order valence-corrected chi connectivity index (χ3v) is 5.90. The van der Waals surface area contributed by atoms with Crippen LogP contribution in [0.4, 0.5) is 17.6 Å². The van der Waals surface area contributed by atoms with E-state index in [0.717, 1.165) is 0 Å². The fourth-order valence-electron chi connectivity index (χ4n) is 4.24. The van der Waals surface area contributed by atoms with Gasteiger partial charge >= 0.3 is 6.18 Å². The summed E-state index contributed by atoms with van der Waals surface area (Å²) in [6.07, 6.45) is -2.62. The summed E-state index contributed by atoms with van der Waals surface area (Å²) in [7, 11) is 0.